The number of nitrogens with one attached hydrogen (secondary N) is 1. The molecule has 1 aliphatic rings. The molecule has 80 valence electrons. The number of thioether (sulfide) groups is 1. The summed E-state index contributed by atoms with van der Waals surface area (Å²) >= 11 is 1.82. The molecule has 1 aromatic rings. The van der Waals surface area contributed by atoms with E-state index in [-0.39, 0.29) is 5.84 Å². The highest BCUT2D eigenvalue weighted by molar-refractivity contribution is 7.99. The van der Waals surface area contributed by atoms with E-state index in [9.17, 15) is 0 Å². The summed E-state index contributed by atoms with van der Waals surface area (Å²) in [5, 5.41) is 9.06. The quantitative estimate of drug-likeness (QED) is 0.608. The Bertz CT molecular complexity index is 359. The number of aromatic nitrogens is 1. The zero-order chi connectivity index (χ0) is 10.7. The Morgan fingerprint density at radius 3 is 2.87 bits per heavy atom. The smallest absolute Gasteiger partial charge is 0.122 e. The summed E-state index contributed by atoms with van der Waals surface area (Å²) in [6, 6.07) is 3.69. The molecule has 1 fully saturated rings. The Kier molecular flexibility index (Phi) is 3.26. The molecule has 0 atom stereocenters. The highest BCUT2D eigenvalue weighted by Crippen LogP contribution is 2.33. The van der Waals surface area contributed by atoms with Crippen LogP contribution < -0.4 is 5.73 Å². The van der Waals surface area contributed by atoms with Crippen molar-refractivity contribution in [2.75, 3.05) is 0 Å². The number of amidine groups is 1. The van der Waals surface area contributed by atoms with E-state index in [0.29, 0.717) is 5.25 Å². The number of hydrogen-bond acceptors (Lipinski definition) is 3. The van der Waals surface area contributed by atoms with Crippen LogP contribution in [0.3, 0.4) is 0 Å². The maximum atomic E-state index is 7.36. The van der Waals surface area contributed by atoms with Gasteiger partial charge in [-0.25, -0.2) is 4.98 Å². The average Bonchev–Trinajstić information content (AvgIpc) is 2.71. The van der Waals surface area contributed by atoms with Gasteiger partial charge in [0.15, 0.2) is 0 Å². The second-order valence-corrected chi connectivity index (χ2v) is 5.14. The molecule has 3 N–H and O–H groups in total. The monoisotopic (exact) mass is 221 g/mol. The fourth-order valence-electron chi connectivity index (χ4n) is 1.82. The van der Waals surface area contributed by atoms with E-state index in [1.54, 1.807) is 12.3 Å². The molecule has 0 aromatic carbocycles. The fraction of sp³-hybridized carbons (Fsp3) is 0.455. The Hall–Kier alpha value is -1.03. The first-order valence-corrected chi connectivity index (χ1v) is 6.11. The van der Waals surface area contributed by atoms with Gasteiger partial charge in [0.25, 0.3) is 0 Å². The molecule has 1 heterocycles. The minimum atomic E-state index is 0.116. The van der Waals surface area contributed by atoms with Crippen molar-refractivity contribution >= 4 is 17.6 Å². The van der Waals surface area contributed by atoms with Gasteiger partial charge < -0.3 is 5.73 Å². The molecule has 1 saturated carbocycles. The minimum absolute atomic E-state index is 0.116. The zero-order valence-corrected chi connectivity index (χ0v) is 9.39. The van der Waals surface area contributed by atoms with Gasteiger partial charge in [-0.2, -0.15) is 0 Å². The topological polar surface area (TPSA) is 62.8 Å². The predicted molar refractivity (Wildman–Crippen MR) is 63.4 cm³/mol. The number of nitrogens with two attached hydrogens (primary N) is 1. The molecule has 1 aliphatic carbocycles. The van der Waals surface area contributed by atoms with Crippen molar-refractivity contribution in [2.45, 2.75) is 36.0 Å². The summed E-state index contributed by atoms with van der Waals surface area (Å²) in [5.41, 5.74) is 6.21. The van der Waals surface area contributed by atoms with E-state index in [1.165, 1.54) is 25.7 Å². The van der Waals surface area contributed by atoms with Crippen molar-refractivity contribution in [1.29, 1.82) is 5.41 Å². The van der Waals surface area contributed by atoms with Crippen molar-refractivity contribution in [3.8, 4) is 0 Å². The van der Waals surface area contributed by atoms with Crippen molar-refractivity contribution in [1.82, 2.24) is 4.98 Å². The number of hydrogen-bond donors (Lipinski definition) is 2. The van der Waals surface area contributed by atoms with Crippen LogP contribution in [0.25, 0.3) is 0 Å². The van der Waals surface area contributed by atoms with E-state index >= 15 is 0 Å². The van der Waals surface area contributed by atoms with Crippen LogP contribution in [0.15, 0.2) is 23.4 Å². The van der Waals surface area contributed by atoms with Gasteiger partial charge >= 0.3 is 0 Å². The lowest BCUT2D eigenvalue weighted by Gasteiger charge is -2.08. The van der Waals surface area contributed by atoms with Crippen LogP contribution in [0.2, 0.25) is 0 Å². The van der Waals surface area contributed by atoms with Crippen LogP contribution in [0, 0.1) is 5.41 Å². The largest absolute Gasteiger partial charge is 0.384 e. The second-order valence-electron chi connectivity index (χ2n) is 3.82. The van der Waals surface area contributed by atoms with Crippen LogP contribution >= 0.6 is 11.8 Å². The maximum Gasteiger partial charge on any atom is 0.122 e. The lowest BCUT2D eigenvalue weighted by Crippen LogP contribution is -2.11. The van der Waals surface area contributed by atoms with Crippen LogP contribution in [0.5, 0.6) is 0 Å². The minimum Gasteiger partial charge on any atom is -0.384 e. The molecule has 0 spiro atoms. The average molecular weight is 221 g/mol. The Morgan fingerprint density at radius 2 is 2.20 bits per heavy atom. The summed E-state index contributed by atoms with van der Waals surface area (Å²) in [6.45, 7) is 0. The third kappa shape index (κ3) is 2.72. The standard InChI is InChI=1S/C11H15N3S/c12-11(13)8-5-6-14-10(7-8)15-9-3-1-2-4-9/h5-7,9H,1-4H2,(H3,12,13). The zero-order valence-electron chi connectivity index (χ0n) is 8.57. The van der Waals surface area contributed by atoms with Gasteiger partial charge in [-0.1, -0.05) is 12.8 Å². The first-order valence-electron chi connectivity index (χ1n) is 5.23. The first-order chi connectivity index (χ1) is 7.25. The molecule has 0 unspecified atom stereocenters. The lowest BCUT2D eigenvalue weighted by atomic mass is 10.2. The van der Waals surface area contributed by atoms with Gasteiger partial charge in [0.2, 0.25) is 0 Å². The van der Waals surface area contributed by atoms with Crippen molar-refractivity contribution < 1.29 is 0 Å². The molecule has 15 heavy (non-hydrogen) atoms. The van der Waals surface area contributed by atoms with Crippen LogP contribution in [0.1, 0.15) is 31.2 Å². The van der Waals surface area contributed by atoms with Crippen LogP contribution in [-0.2, 0) is 0 Å². The van der Waals surface area contributed by atoms with Gasteiger partial charge in [0.05, 0.1) is 5.03 Å². The van der Waals surface area contributed by atoms with Crippen LogP contribution in [-0.4, -0.2) is 16.1 Å². The first kappa shape index (κ1) is 10.5. The van der Waals surface area contributed by atoms with Gasteiger partial charge in [0.1, 0.15) is 5.84 Å². The molecule has 0 radical (unpaired) electrons. The maximum absolute atomic E-state index is 7.36. The molecule has 0 bridgehead atoms. The number of pyridine rings is 1. The van der Waals surface area contributed by atoms with E-state index in [1.807, 2.05) is 17.8 Å². The second kappa shape index (κ2) is 4.66. The third-order valence-corrected chi connectivity index (χ3v) is 3.90. The Balaban J connectivity index is 2.07. The van der Waals surface area contributed by atoms with Gasteiger partial charge in [-0.05, 0) is 25.0 Å². The summed E-state index contributed by atoms with van der Waals surface area (Å²) in [7, 11) is 0. The molecule has 0 amide bonds. The third-order valence-electron chi connectivity index (χ3n) is 2.64. The molecule has 0 aliphatic heterocycles. The van der Waals surface area contributed by atoms with Gasteiger partial charge in [0, 0.05) is 17.0 Å². The van der Waals surface area contributed by atoms with E-state index in [2.05, 4.69) is 4.98 Å². The van der Waals surface area contributed by atoms with Gasteiger partial charge in [-0.15, -0.1) is 11.8 Å². The van der Waals surface area contributed by atoms with Crippen molar-refractivity contribution in [3.05, 3.63) is 23.9 Å². The molecule has 2 rings (SSSR count). The van der Waals surface area contributed by atoms with E-state index in [0.717, 1.165) is 10.6 Å². The predicted octanol–water partition coefficient (Wildman–Crippen LogP) is 2.40. The molecule has 3 nitrogen and oxygen atoms in total. The highest BCUT2D eigenvalue weighted by atomic mass is 32.2. The van der Waals surface area contributed by atoms with E-state index in [4.69, 9.17) is 11.1 Å². The lowest BCUT2D eigenvalue weighted by molar-refractivity contribution is 0.886. The summed E-state index contributed by atoms with van der Waals surface area (Å²) in [4.78, 5) is 4.30. The fourth-order valence-corrected chi connectivity index (χ4v) is 3.05. The summed E-state index contributed by atoms with van der Waals surface area (Å²) in [5.74, 6) is 0.116. The SMILES string of the molecule is N=C(N)c1ccnc(SC2CCCC2)c1. The number of rotatable bonds is 3. The van der Waals surface area contributed by atoms with Crippen molar-refractivity contribution in [3.63, 3.8) is 0 Å². The summed E-state index contributed by atoms with van der Waals surface area (Å²) < 4.78 is 0. The Labute approximate surface area is 94.0 Å². The Morgan fingerprint density at radius 1 is 1.47 bits per heavy atom. The number of nitrogen functional groups attached to an aromatic ring is 1. The van der Waals surface area contributed by atoms with Crippen LogP contribution in [0.4, 0.5) is 0 Å². The van der Waals surface area contributed by atoms with Crippen molar-refractivity contribution in [2.24, 2.45) is 5.73 Å². The van der Waals surface area contributed by atoms with E-state index < -0.39 is 0 Å². The number of nitrogens with zero attached hydrogens (tertiary/aromatic N) is 1. The summed E-state index contributed by atoms with van der Waals surface area (Å²) in [6.07, 6.45) is 6.98. The normalized spacial score (nSPS) is 16.8. The highest BCUT2D eigenvalue weighted by Gasteiger charge is 2.16. The van der Waals surface area contributed by atoms with Gasteiger partial charge in [-0.3, -0.25) is 5.41 Å². The molecule has 1 aromatic heterocycles. The molecular formula is C11H15N3S. The molecule has 0 saturated heterocycles. The molecule has 4 heteroatoms. The molecular weight excluding hydrogens is 206 g/mol.